The van der Waals surface area contributed by atoms with Gasteiger partial charge in [0.1, 0.15) is 11.6 Å². The Kier molecular flexibility index (Phi) is 10.2. The standard InChI is InChI=1S/C34H33BrFN3O4/c35-28-14-10-25(11-15-28)23-34(33(41)39-37-19-18-24-6-4-9-29(36)22-24)31(26-7-2-1-3-8-26)43-32(38-34)27-12-16-30(17-13-27)42-21-5-20-40/h1-4,6-17,22,31,37,40H,5,18-21,23H2,(H,39,41)/t31-,34-/m0/s1. The highest BCUT2D eigenvalue weighted by atomic mass is 79.9. The maximum Gasteiger partial charge on any atom is 0.266 e. The highest BCUT2D eigenvalue weighted by Gasteiger charge is 2.53. The number of ether oxygens (including phenoxy) is 2. The van der Waals surface area contributed by atoms with Crippen molar-refractivity contribution < 1.29 is 23.8 Å². The van der Waals surface area contributed by atoms with E-state index in [0.29, 0.717) is 43.2 Å². The molecule has 0 saturated carbocycles. The zero-order valence-corrected chi connectivity index (χ0v) is 25.1. The van der Waals surface area contributed by atoms with Crippen molar-refractivity contribution >= 4 is 27.7 Å². The summed E-state index contributed by atoms with van der Waals surface area (Å²) in [4.78, 5) is 19.2. The number of aliphatic hydroxyl groups excluding tert-OH is 1. The van der Waals surface area contributed by atoms with E-state index in [9.17, 15) is 9.18 Å². The predicted molar refractivity (Wildman–Crippen MR) is 167 cm³/mol. The molecule has 2 atom stereocenters. The zero-order valence-electron chi connectivity index (χ0n) is 23.5. The Morgan fingerprint density at radius 3 is 2.47 bits per heavy atom. The van der Waals surface area contributed by atoms with Crippen molar-refractivity contribution in [1.82, 2.24) is 10.9 Å². The van der Waals surface area contributed by atoms with E-state index in [1.807, 2.05) is 84.9 Å². The number of benzene rings is 4. The molecule has 0 saturated heterocycles. The fourth-order valence-corrected chi connectivity index (χ4v) is 5.24. The first-order chi connectivity index (χ1) is 21.0. The molecule has 0 aliphatic carbocycles. The SMILES string of the molecule is O=C(NNCCc1cccc(F)c1)[C@@]1(Cc2ccc(Br)cc2)N=C(c2ccc(OCCCO)cc2)O[C@H]1c1ccccc1. The van der Waals surface area contributed by atoms with Crippen molar-refractivity contribution in [3.05, 3.63) is 136 Å². The number of hydrazine groups is 1. The van der Waals surface area contributed by atoms with Gasteiger partial charge >= 0.3 is 0 Å². The minimum Gasteiger partial charge on any atom is -0.494 e. The summed E-state index contributed by atoms with van der Waals surface area (Å²) in [6, 6.07) is 31.1. The van der Waals surface area contributed by atoms with Crippen LogP contribution in [0.25, 0.3) is 0 Å². The Morgan fingerprint density at radius 2 is 1.74 bits per heavy atom. The van der Waals surface area contributed by atoms with Gasteiger partial charge in [-0.2, -0.15) is 0 Å². The summed E-state index contributed by atoms with van der Waals surface area (Å²) in [6.07, 6.45) is 0.638. The number of amides is 1. The monoisotopic (exact) mass is 645 g/mol. The van der Waals surface area contributed by atoms with E-state index < -0.39 is 11.6 Å². The fourth-order valence-electron chi connectivity index (χ4n) is 4.97. The molecule has 0 fully saturated rings. The van der Waals surface area contributed by atoms with Crippen LogP contribution in [-0.4, -0.2) is 42.2 Å². The van der Waals surface area contributed by atoms with E-state index in [4.69, 9.17) is 19.6 Å². The molecule has 5 rings (SSSR count). The Morgan fingerprint density at radius 1 is 0.977 bits per heavy atom. The first-order valence-electron chi connectivity index (χ1n) is 14.1. The van der Waals surface area contributed by atoms with Crippen LogP contribution < -0.4 is 15.6 Å². The molecule has 0 spiro atoms. The topological polar surface area (TPSA) is 92.2 Å². The van der Waals surface area contributed by atoms with Crippen molar-refractivity contribution in [1.29, 1.82) is 0 Å². The van der Waals surface area contributed by atoms with E-state index in [1.54, 1.807) is 6.07 Å². The first-order valence-corrected chi connectivity index (χ1v) is 14.9. The van der Waals surface area contributed by atoms with E-state index in [2.05, 4.69) is 26.8 Å². The third-order valence-electron chi connectivity index (χ3n) is 7.15. The molecular weight excluding hydrogens is 613 g/mol. The van der Waals surface area contributed by atoms with Crippen LogP contribution in [0, 0.1) is 5.82 Å². The molecule has 1 amide bonds. The van der Waals surface area contributed by atoms with Gasteiger partial charge in [-0.15, -0.1) is 0 Å². The molecule has 1 aliphatic rings. The van der Waals surface area contributed by atoms with E-state index in [-0.39, 0.29) is 24.8 Å². The van der Waals surface area contributed by atoms with Gasteiger partial charge < -0.3 is 14.6 Å². The van der Waals surface area contributed by atoms with Gasteiger partial charge in [-0.1, -0.05) is 70.5 Å². The second-order valence-electron chi connectivity index (χ2n) is 10.3. The minimum atomic E-state index is -1.34. The number of hydrogen-bond donors (Lipinski definition) is 3. The van der Waals surface area contributed by atoms with Crippen LogP contribution in [0.15, 0.2) is 113 Å². The number of carbonyl (C=O) groups is 1. The minimum absolute atomic E-state index is 0.0613. The third kappa shape index (κ3) is 7.67. The van der Waals surface area contributed by atoms with E-state index in [0.717, 1.165) is 21.2 Å². The van der Waals surface area contributed by atoms with Crippen LogP contribution in [0.4, 0.5) is 4.39 Å². The van der Waals surface area contributed by atoms with Crippen LogP contribution in [0.2, 0.25) is 0 Å². The van der Waals surface area contributed by atoms with Crippen LogP contribution in [0.3, 0.4) is 0 Å². The largest absolute Gasteiger partial charge is 0.494 e. The van der Waals surface area contributed by atoms with Gasteiger partial charge in [0.25, 0.3) is 5.91 Å². The Balaban J connectivity index is 1.45. The molecule has 0 unspecified atom stereocenters. The molecular formula is C34H33BrFN3O4. The van der Waals surface area contributed by atoms with Gasteiger partial charge in [-0.3, -0.25) is 10.2 Å². The van der Waals surface area contributed by atoms with Gasteiger partial charge in [-0.05, 0) is 71.6 Å². The second kappa shape index (κ2) is 14.4. The lowest BCUT2D eigenvalue weighted by atomic mass is 9.82. The lowest BCUT2D eigenvalue weighted by Gasteiger charge is -2.31. The number of nitrogens with one attached hydrogen (secondary N) is 2. The molecule has 0 aromatic heterocycles. The van der Waals surface area contributed by atoms with Crippen molar-refractivity contribution in [3.63, 3.8) is 0 Å². The van der Waals surface area contributed by atoms with Crippen LogP contribution in [0.1, 0.15) is 34.8 Å². The molecule has 9 heteroatoms. The van der Waals surface area contributed by atoms with Crippen molar-refractivity contribution in [2.24, 2.45) is 4.99 Å². The summed E-state index contributed by atoms with van der Waals surface area (Å²) in [5.74, 6) is 0.373. The molecule has 222 valence electrons. The Hall–Kier alpha value is -4.05. The fraction of sp³-hybridized carbons (Fsp3) is 0.235. The average Bonchev–Trinajstić information content (AvgIpc) is 3.42. The lowest BCUT2D eigenvalue weighted by Crippen LogP contribution is -2.54. The van der Waals surface area contributed by atoms with Crippen LogP contribution in [-0.2, 0) is 22.4 Å². The van der Waals surface area contributed by atoms with Crippen molar-refractivity contribution in [2.75, 3.05) is 19.8 Å². The quantitative estimate of drug-likeness (QED) is 0.128. The smallest absolute Gasteiger partial charge is 0.266 e. The van der Waals surface area contributed by atoms with Gasteiger partial charge in [0.2, 0.25) is 5.90 Å². The number of aliphatic imine (C=N–C) groups is 1. The highest BCUT2D eigenvalue weighted by molar-refractivity contribution is 9.10. The number of hydrogen-bond acceptors (Lipinski definition) is 6. The molecule has 4 aromatic rings. The number of aliphatic hydroxyl groups is 1. The summed E-state index contributed by atoms with van der Waals surface area (Å²) in [5.41, 5.74) is 7.81. The maximum atomic E-state index is 14.2. The van der Waals surface area contributed by atoms with Crippen molar-refractivity contribution in [2.45, 2.75) is 30.9 Å². The van der Waals surface area contributed by atoms with Crippen LogP contribution >= 0.6 is 15.9 Å². The summed E-state index contributed by atoms with van der Waals surface area (Å²) < 4.78 is 26.8. The molecule has 1 heterocycles. The summed E-state index contributed by atoms with van der Waals surface area (Å²) in [7, 11) is 0. The Bertz CT molecular complexity index is 1530. The lowest BCUT2D eigenvalue weighted by molar-refractivity contribution is -0.130. The zero-order chi connectivity index (χ0) is 30.1. The highest BCUT2D eigenvalue weighted by Crippen LogP contribution is 2.42. The van der Waals surface area contributed by atoms with Gasteiger partial charge in [0.05, 0.1) is 6.61 Å². The normalized spacial score (nSPS) is 17.7. The van der Waals surface area contributed by atoms with E-state index >= 15 is 0 Å². The second-order valence-corrected chi connectivity index (χ2v) is 11.2. The van der Waals surface area contributed by atoms with Gasteiger partial charge in [-0.25, -0.2) is 14.8 Å². The molecule has 3 N–H and O–H groups in total. The van der Waals surface area contributed by atoms with Gasteiger partial charge in [0.15, 0.2) is 11.6 Å². The van der Waals surface area contributed by atoms with E-state index in [1.165, 1.54) is 12.1 Å². The van der Waals surface area contributed by atoms with Crippen LogP contribution in [0.5, 0.6) is 5.75 Å². The number of rotatable bonds is 13. The molecule has 0 bridgehead atoms. The van der Waals surface area contributed by atoms with Gasteiger partial charge in [0, 0.05) is 36.0 Å². The molecule has 0 radical (unpaired) electrons. The number of carbonyl (C=O) groups excluding carboxylic acids is 1. The first kappa shape index (κ1) is 30.4. The molecule has 4 aromatic carbocycles. The average molecular weight is 647 g/mol. The number of halogens is 2. The molecule has 1 aliphatic heterocycles. The molecule has 43 heavy (non-hydrogen) atoms. The van der Waals surface area contributed by atoms with Crippen molar-refractivity contribution in [3.8, 4) is 5.75 Å². The number of nitrogens with zero attached hydrogens (tertiary/aromatic N) is 1. The Labute approximate surface area is 258 Å². The maximum absolute atomic E-state index is 14.2. The summed E-state index contributed by atoms with van der Waals surface area (Å²) >= 11 is 3.49. The predicted octanol–water partition coefficient (Wildman–Crippen LogP) is 5.71. The third-order valence-corrected chi connectivity index (χ3v) is 7.68. The molecule has 7 nitrogen and oxygen atoms in total. The summed E-state index contributed by atoms with van der Waals surface area (Å²) in [5, 5.41) is 9.03. The summed E-state index contributed by atoms with van der Waals surface area (Å²) in [6.45, 7) is 0.868.